The average molecular weight is 444 g/mol. The van der Waals surface area contributed by atoms with Crippen LogP contribution in [0.3, 0.4) is 0 Å². The van der Waals surface area contributed by atoms with Gasteiger partial charge in [0.15, 0.2) is 6.61 Å². The van der Waals surface area contributed by atoms with Crippen LogP contribution in [0, 0.1) is 25.2 Å². The highest BCUT2D eigenvalue weighted by molar-refractivity contribution is 9.10. The third kappa shape index (κ3) is 4.12. The number of nitriles is 1. The number of nitrogens with zero attached hydrogens (tertiary/aromatic N) is 2. The van der Waals surface area contributed by atoms with Gasteiger partial charge in [0.25, 0.3) is 5.91 Å². The fourth-order valence-electron chi connectivity index (χ4n) is 3.70. The van der Waals surface area contributed by atoms with Crippen molar-refractivity contribution in [1.82, 2.24) is 4.57 Å². The molecule has 1 saturated carbocycles. The minimum atomic E-state index is -0.574. The quantitative estimate of drug-likeness (QED) is 0.681. The second-order valence-corrected chi connectivity index (χ2v) is 7.90. The molecule has 1 fully saturated rings. The smallest absolute Gasteiger partial charge is 0.338 e. The van der Waals surface area contributed by atoms with Crippen molar-refractivity contribution in [2.45, 2.75) is 45.6 Å². The Bertz CT molecular complexity index is 953. The number of amides is 1. The van der Waals surface area contributed by atoms with Crippen LogP contribution in [0.5, 0.6) is 0 Å². The summed E-state index contributed by atoms with van der Waals surface area (Å²) in [6.07, 6.45) is 4.34. The molecular formula is C21H22BrN3O3. The van der Waals surface area contributed by atoms with Crippen molar-refractivity contribution in [3.05, 3.63) is 51.1 Å². The van der Waals surface area contributed by atoms with E-state index in [-0.39, 0.29) is 6.04 Å². The third-order valence-electron chi connectivity index (χ3n) is 5.21. The van der Waals surface area contributed by atoms with E-state index in [1.165, 1.54) is 0 Å². The number of esters is 1. The number of carbonyl (C=O) groups excluding carboxylic acids is 2. The number of nitrogens with one attached hydrogen (secondary N) is 1. The van der Waals surface area contributed by atoms with Gasteiger partial charge in [-0.2, -0.15) is 5.26 Å². The highest BCUT2D eigenvalue weighted by atomic mass is 79.9. The highest BCUT2D eigenvalue weighted by Crippen LogP contribution is 2.37. The van der Waals surface area contributed by atoms with Crippen molar-refractivity contribution in [2.24, 2.45) is 0 Å². The largest absolute Gasteiger partial charge is 0.452 e. The third-order valence-corrected chi connectivity index (χ3v) is 5.70. The number of anilines is 1. The van der Waals surface area contributed by atoms with Gasteiger partial charge in [0.2, 0.25) is 0 Å². The maximum absolute atomic E-state index is 12.5. The summed E-state index contributed by atoms with van der Waals surface area (Å²) in [5.74, 6) is -0.528. The van der Waals surface area contributed by atoms with E-state index in [0.717, 1.165) is 41.4 Å². The van der Waals surface area contributed by atoms with Crippen molar-refractivity contribution in [1.29, 1.82) is 5.26 Å². The van der Waals surface area contributed by atoms with Crippen molar-refractivity contribution < 1.29 is 14.3 Å². The molecule has 28 heavy (non-hydrogen) atoms. The number of halogens is 1. The molecule has 0 aliphatic heterocycles. The van der Waals surface area contributed by atoms with Gasteiger partial charge in [0.1, 0.15) is 11.9 Å². The van der Waals surface area contributed by atoms with Crippen LogP contribution in [0.15, 0.2) is 28.7 Å². The first-order valence-corrected chi connectivity index (χ1v) is 10.1. The van der Waals surface area contributed by atoms with Crippen LogP contribution in [0.1, 0.15) is 58.9 Å². The molecule has 1 heterocycles. The Morgan fingerprint density at radius 2 is 2.04 bits per heavy atom. The van der Waals surface area contributed by atoms with Gasteiger partial charge in [-0.15, -0.1) is 0 Å². The Morgan fingerprint density at radius 3 is 2.68 bits per heavy atom. The van der Waals surface area contributed by atoms with Crippen molar-refractivity contribution >= 4 is 33.6 Å². The van der Waals surface area contributed by atoms with Crippen molar-refractivity contribution in [2.75, 3.05) is 11.9 Å². The molecular weight excluding hydrogens is 422 g/mol. The van der Waals surface area contributed by atoms with Gasteiger partial charge in [-0.25, -0.2) is 4.79 Å². The van der Waals surface area contributed by atoms with Crippen LogP contribution in [0.25, 0.3) is 0 Å². The molecule has 1 aromatic carbocycles. The lowest BCUT2D eigenvalue weighted by Crippen LogP contribution is -2.23. The van der Waals surface area contributed by atoms with Crippen LogP contribution in [-0.2, 0) is 9.53 Å². The van der Waals surface area contributed by atoms with Crippen molar-refractivity contribution in [3.63, 3.8) is 0 Å². The number of ether oxygens (including phenoxy) is 1. The molecule has 7 heteroatoms. The Hall–Kier alpha value is -2.59. The van der Waals surface area contributed by atoms with Gasteiger partial charge in [-0.05, 0) is 50.5 Å². The minimum Gasteiger partial charge on any atom is -0.452 e. The van der Waals surface area contributed by atoms with E-state index in [0.29, 0.717) is 16.9 Å². The molecule has 2 aromatic rings. The summed E-state index contributed by atoms with van der Waals surface area (Å²) in [7, 11) is 0. The molecule has 0 unspecified atom stereocenters. The van der Waals surface area contributed by atoms with E-state index in [1.807, 2.05) is 13.8 Å². The summed E-state index contributed by atoms with van der Waals surface area (Å²) in [6, 6.07) is 9.26. The molecule has 0 bridgehead atoms. The van der Waals surface area contributed by atoms with E-state index in [9.17, 15) is 14.9 Å². The number of rotatable bonds is 5. The first-order valence-electron chi connectivity index (χ1n) is 9.26. The Kier molecular flexibility index (Phi) is 6.20. The van der Waals surface area contributed by atoms with Crippen LogP contribution >= 0.6 is 15.9 Å². The summed E-state index contributed by atoms with van der Waals surface area (Å²) in [5, 5.41) is 12.4. The lowest BCUT2D eigenvalue weighted by atomic mass is 10.2. The highest BCUT2D eigenvalue weighted by Gasteiger charge is 2.26. The second-order valence-electron chi connectivity index (χ2n) is 6.99. The van der Waals surface area contributed by atoms with Gasteiger partial charge in [-0.1, -0.05) is 34.8 Å². The fraction of sp³-hybridized carbons (Fsp3) is 0.381. The van der Waals surface area contributed by atoms with Crippen LogP contribution < -0.4 is 5.32 Å². The van der Waals surface area contributed by atoms with E-state index in [4.69, 9.17) is 4.74 Å². The summed E-state index contributed by atoms with van der Waals surface area (Å²) < 4.78 is 7.95. The maximum atomic E-state index is 12.5. The van der Waals surface area contributed by atoms with Gasteiger partial charge < -0.3 is 14.6 Å². The lowest BCUT2D eigenvalue weighted by molar-refractivity contribution is -0.119. The van der Waals surface area contributed by atoms with E-state index in [2.05, 4.69) is 31.9 Å². The summed E-state index contributed by atoms with van der Waals surface area (Å²) in [4.78, 5) is 24.6. The van der Waals surface area contributed by atoms with E-state index >= 15 is 0 Å². The SMILES string of the molecule is Cc1c(C#N)c(NC(=O)COC(=O)c2cccc(Br)c2)n(C2CCCC2)c1C. The Labute approximate surface area is 172 Å². The Balaban J connectivity index is 1.74. The summed E-state index contributed by atoms with van der Waals surface area (Å²) in [6.45, 7) is 3.45. The van der Waals surface area contributed by atoms with E-state index in [1.54, 1.807) is 24.3 Å². The first kappa shape index (κ1) is 20.2. The molecule has 0 spiro atoms. The maximum Gasteiger partial charge on any atom is 0.338 e. The van der Waals surface area contributed by atoms with Crippen LogP contribution in [0.4, 0.5) is 5.82 Å². The molecule has 0 atom stereocenters. The van der Waals surface area contributed by atoms with Gasteiger partial charge in [-0.3, -0.25) is 4.79 Å². The standard InChI is InChI=1S/C21H22BrN3O3/c1-13-14(2)25(17-8-3-4-9-17)20(18(13)11-23)24-19(26)12-28-21(27)15-6-5-7-16(22)10-15/h5-7,10,17H,3-4,8-9,12H2,1-2H3,(H,24,26). The van der Waals surface area contributed by atoms with Gasteiger partial charge in [0, 0.05) is 16.2 Å². The van der Waals surface area contributed by atoms with Crippen LogP contribution in [-0.4, -0.2) is 23.1 Å². The van der Waals surface area contributed by atoms with Crippen molar-refractivity contribution in [3.8, 4) is 6.07 Å². The molecule has 1 aliphatic rings. The molecule has 6 nitrogen and oxygen atoms in total. The number of hydrogen-bond donors (Lipinski definition) is 1. The normalized spacial score (nSPS) is 13.9. The van der Waals surface area contributed by atoms with E-state index < -0.39 is 18.5 Å². The zero-order valence-corrected chi connectivity index (χ0v) is 17.5. The molecule has 0 saturated heterocycles. The molecule has 1 aromatic heterocycles. The zero-order valence-electron chi connectivity index (χ0n) is 15.9. The molecule has 1 aliphatic carbocycles. The Morgan fingerprint density at radius 1 is 1.32 bits per heavy atom. The van der Waals surface area contributed by atoms with Gasteiger partial charge in [0.05, 0.1) is 11.1 Å². The minimum absolute atomic E-state index is 0.278. The molecule has 0 radical (unpaired) electrons. The zero-order chi connectivity index (χ0) is 20.3. The lowest BCUT2D eigenvalue weighted by Gasteiger charge is -2.19. The topological polar surface area (TPSA) is 84.1 Å². The number of aromatic nitrogens is 1. The predicted molar refractivity (Wildman–Crippen MR) is 109 cm³/mol. The molecule has 1 amide bonds. The second kappa shape index (κ2) is 8.61. The van der Waals surface area contributed by atoms with Gasteiger partial charge >= 0.3 is 5.97 Å². The average Bonchev–Trinajstić information content (AvgIpc) is 3.27. The summed E-state index contributed by atoms with van der Waals surface area (Å²) >= 11 is 3.30. The van der Waals surface area contributed by atoms with Crippen LogP contribution in [0.2, 0.25) is 0 Å². The molecule has 3 rings (SSSR count). The monoisotopic (exact) mass is 443 g/mol. The predicted octanol–water partition coefficient (Wildman–Crippen LogP) is 4.65. The number of carbonyl (C=O) groups is 2. The summed E-state index contributed by atoms with van der Waals surface area (Å²) in [5.41, 5.74) is 2.69. The first-order chi connectivity index (χ1) is 13.4. The molecule has 1 N–H and O–H groups in total. The number of hydrogen-bond acceptors (Lipinski definition) is 4. The fourth-order valence-corrected chi connectivity index (χ4v) is 4.10. The molecule has 146 valence electrons. The number of benzene rings is 1.